The molecule has 2 unspecified atom stereocenters. The first-order chi connectivity index (χ1) is 10.2. The minimum Gasteiger partial charge on any atom is -0.461 e. The van der Waals surface area contributed by atoms with Crippen molar-refractivity contribution in [1.82, 2.24) is 4.90 Å². The molecule has 1 aromatic heterocycles. The fraction of sp³-hybridized carbons (Fsp3) is 0.588. The Hall–Kier alpha value is -1.55. The second kappa shape index (κ2) is 6.06. The third-order valence-electron chi connectivity index (χ3n) is 4.65. The zero-order valence-electron chi connectivity index (χ0n) is 12.5. The Morgan fingerprint density at radius 1 is 1.48 bits per heavy atom. The van der Waals surface area contributed by atoms with Crippen molar-refractivity contribution in [1.29, 1.82) is 0 Å². The van der Waals surface area contributed by atoms with Gasteiger partial charge in [-0.05, 0) is 49.8 Å². The van der Waals surface area contributed by atoms with E-state index in [4.69, 9.17) is 9.52 Å². The highest BCUT2D eigenvalue weighted by Crippen LogP contribution is 2.47. The van der Waals surface area contributed by atoms with Crippen LogP contribution in [0, 0.1) is 5.92 Å². The number of carbonyl (C=O) groups excluding carboxylic acids is 1. The summed E-state index contributed by atoms with van der Waals surface area (Å²) in [6.45, 7) is 2.65. The molecule has 4 nitrogen and oxygen atoms in total. The highest BCUT2D eigenvalue weighted by atomic mass is 16.3. The number of aliphatic hydroxyl groups excluding tert-OH is 1. The third-order valence-corrected chi connectivity index (χ3v) is 4.65. The molecule has 2 saturated carbocycles. The smallest absolute Gasteiger partial charge is 0.247 e. The number of furan rings is 1. The average Bonchev–Trinajstić information content (AvgIpc) is 2.97. The van der Waals surface area contributed by atoms with Gasteiger partial charge in [0.25, 0.3) is 0 Å². The Balaban J connectivity index is 1.60. The van der Waals surface area contributed by atoms with Crippen LogP contribution in [0.3, 0.4) is 0 Å². The molecule has 0 bridgehead atoms. The number of carbonyl (C=O) groups is 1. The van der Waals surface area contributed by atoms with Crippen LogP contribution in [0.2, 0.25) is 0 Å². The number of amides is 1. The lowest BCUT2D eigenvalue weighted by Gasteiger charge is -2.36. The largest absolute Gasteiger partial charge is 0.461 e. The summed E-state index contributed by atoms with van der Waals surface area (Å²) in [5.74, 6) is 3.00. The quantitative estimate of drug-likeness (QED) is 0.819. The second-order valence-electron chi connectivity index (χ2n) is 6.23. The summed E-state index contributed by atoms with van der Waals surface area (Å²) in [7, 11) is 0. The lowest BCUT2D eigenvalue weighted by molar-refractivity contribution is -0.130. The number of nitrogens with zero attached hydrogens (tertiary/aromatic N) is 1. The van der Waals surface area contributed by atoms with Gasteiger partial charge in [-0.2, -0.15) is 0 Å². The van der Waals surface area contributed by atoms with E-state index in [2.05, 4.69) is 6.92 Å². The summed E-state index contributed by atoms with van der Waals surface area (Å²) in [5.41, 5.74) is 0. The first-order valence-corrected chi connectivity index (χ1v) is 7.88. The molecule has 1 aromatic rings. The Morgan fingerprint density at radius 2 is 2.24 bits per heavy atom. The molecule has 21 heavy (non-hydrogen) atoms. The number of aliphatic hydroxyl groups is 1. The first kappa shape index (κ1) is 14.4. The van der Waals surface area contributed by atoms with Gasteiger partial charge in [0.2, 0.25) is 5.91 Å². The Kier molecular flexibility index (Phi) is 4.15. The van der Waals surface area contributed by atoms with Crippen LogP contribution in [0.15, 0.2) is 22.6 Å². The summed E-state index contributed by atoms with van der Waals surface area (Å²) in [6, 6.07) is 4.23. The van der Waals surface area contributed by atoms with E-state index in [0.29, 0.717) is 24.4 Å². The number of rotatable bonds is 6. The molecule has 1 N–H and O–H groups in total. The molecule has 3 rings (SSSR count). The molecule has 2 aliphatic carbocycles. The van der Waals surface area contributed by atoms with Crippen LogP contribution in [-0.4, -0.2) is 35.1 Å². The maximum atomic E-state index is 12.2. The Bertz CT molecular complexity index is 530. The van der Waals surface area contributed by atoms with Crippen LogP contribution in [0.1, 0.15) is 50.0 Å². The molecule has 1 amide bonds. The van der Waals surface area contributed by atoms with Crippen LogP contribution in [0.25, 0.3) is 6.08 Å². The van der Waals surface area contributed by atoms with Gasteiger partial charge in [-0.15, -0.1) is 0 Å². The Labute approximate surface area is 125 Å². The Morgan fingerprint density at radius 3 is 2.81 bits per heavy atom. The monoisotopic (exact) mass is 289 g/mol. The molecule has 1 heterocycles. The van der Waals surface area contributed by atoms with Crippen LogP contribution in [0.4, 0.5) is 0 Å². The van der Waals surface area contributed by atoms with Gasteiger partial charge in [0, 0.05) is 24.6 Å². The fourth-order valence-electron chi connectivity index (χ4n) is 2.90. The molecular weight excluding hydrogens is 266 g/mol. The molecule has 2 aliphatic rings. The zero-order valence-corrected chi connectivity index (χ0v) is 12.5. The number of hydrogen-bond donors (Lipinski definition) is 1. The van der Waals surface area contributed by atoms with Gasteiger partial charge in [-0.25, -0.2) is 0 Å². The summed E-state index contributed by atoms with van der Waals surface area (Å²) in [4.78, 5) is 14.0. The first-order valence-electron chi connectivity index (χ1n) is 7.88. The van der Waals surface area contributed by atoms with E-state index >= 15 is 0 Å². The molecule has 4 heteroatoms. The molecule has 0 saturated heterocycles. The van der Waals surface area contributed by atoms with Crippen molar-refractivity contribution in [3.8, 4) is 0 Å². The highest BCUT2D eigenvalue weighted by Gasteiger charge is 2.36. The molecule has 2 atom stereocenters. The minimum absolute atomic E-state index is 0.0144. The van der Waals surface area contributed by atoms with Gasteiger partial charge in [0.05, 0.1) is 6.61 Å². The van der Waals surface area contributed by atoms with Crippen molar-refractivity contribution >= 4 is 12.0 Å². The molecule has 114 valence electrons. The summed E-state index contributed by atoms with van der Waals surface area (Å²) < 4.78 is 5.76. The molecular formula is C17H23NO3. The summed E-state index contributed by atoms with van der Waals surface area (Å²) >= 11 is 0. The molecule has 0 aliphatic heterocycles. The topological polar surface area (TPSA) is 53.7 Å². The lowest BCUT2D eigenvalue weighted by atomic mass is 9.91. The van der Waals surface area contributed by atoms with Gasteiger partial charge in [0.1, 0.15) is 11.5 Å². The zero-order chi connectivity index (χ0) is 14.8. The van der Waals surface area contributed by atoms with Crippen molar-refractivity contribution in [3.05, 3.63) is 29.7 Å². The number of hydrogen-bond acceptors (Lipinski definition) is 3. The van der Waals surface area contributed by atoms with Crippen molar-refractivity contribution in [3.63, 3.8) is 0 Å². The molecule has 2 fully saturated rings. The van der Waals surface area contributed by atoms with Gasteiger partial charge in [0.15, 0.2) is 0 Å². The van der Waals surface area contributed by atoms with Gasteiger partial charge in [-0.1, -0.05) is 6.92 Å². The predicted octanol–water partition coefficient (Wildman–Crippen LogP) is 2.79. The van der Waals surface area contributed by atoms with Crippen LogP contribution in [0.5, 0.6) is 0 Å². The summed E-state index contributed by atoms with van der Waals surface area (Å²) in [6.07, 6.45) is 7.76. The van der Waals surface area contributed by atoms with Crippen LogP contribution in [-0.2, 0) is 4.79 Å². The summed E-state index contributed by atoms with van der Waals surface area (Å²) in [5, 5.41) is 9.10. The van der Waals surface area contributed by atoms with E-state index in [0.717, 1.165) is 24.4 Å². The molecule has 0 spiro atoms. The predicted molar refractivity (Wildman–Crippen MR) is 80.7 cm³/mol. The van der Waals surface area contributed by atoms with Crippen molar-refractivity contribution in [2.45, 2.75) is 44.6 Å². The van der Waals surface area contributed by atoms with Gasteiger partial charge in [-0.3, -0.25) is 4.79 Å². The fourth-order valence-corrected chi connectivity index (χ4v) is 2.90. The standard InChI is InChI=1S/C17H23NO3/c1-12-11-15(12)16-7-5-14(21-16)6-8-17(20)18(9-10-19)13-3-2-4-13/h5-8,12-13,15,19H,2-4,9-11H2,1H3/b8-6+. The van der Waals surface area contributed by atoms with Crippen LogP contribution < -0.4 is 0 Å². The van der Waals surface area contributed by atoms with Crippen LogP contribution >= 0.6 is 0 Å². The maximum Gasteiger partial charge on any atom is 0.247 e. The van der Waals surface area contributed by atoms with E-state index in [1.54, 1.807) is 17.1 Å². The van der Waals surface area contributed by atoms with Gasteiger partial charge < -0.3 is 14.4 Å². The van der Waals surface area contributed by atoms with Gasteiger partial charge >= 0.3 is 0 Å². The van der Waals surface area contributed by atoms with Crippen molar-refractivity contribution < 1.29 is 14.3 Å². The van der Waals surface area contributed by atoms with E-state index in [9.17, 15) is 4.79 Å². The normalized spacial score (nSPS) is 25.0. The molecule has 0 aromatic carbocycles. The van der Waals surface area contributed by atoms with E-state index in [-0.39, 0.29) is 12.5 Å². The van der Waals surface area contributed by atoms with Crippen molar-refractivity contribution in [2.24, 2.45) is 5.92 Å². The van der Waals surface area contributed by atoms with Crippen molar-refractivity contribution in [2.75, 3.05) is 13.2 Å². The van der Waals surface area contributed by atoms with E-state index in [1.807, 2.05) is 12.1 Å². The minimum atomic E-state index is -0.0357. The SMILES string of the molecule is CC1CC1c1ccc(/C=C/C(=O)N(CCO)C2CCC2)o1. The molecule has 0 radical (unpaired) electrons. The third kappa shape index (κ3) is 3.21. The second-order valence-corrected chi connectivity index (χ2v) is 6.23. The van der Waals surface area contributed by atoms with E-state index < -0.39 is 0 Å². The lowest BCUT2D eigenvalue weighted by Crippen LogP contribution is -2.44. The van der Waals surface area contributed by atoms with E-state index in [1.165, 1.54) is 12.8 Å². The highest BCUT2D eigenvalue weighted by molar-refractivity contribution is 5.91. The average molecular weight is 289 g/mol. The maximum absolute atomic E-state index is 12.2.